The molecule has 0 fully saturated rings. The van der Waals surface area contributed by atoms with Gasteiger partial charge in [-0.05, 0) is 30.0 Å². The van der Waals surface area contributed by atoms with Gasteiger partial charge in [0.1, 0.15) is 0 Å². The summed E-state index contributed by atoms with van der Waals surface area (Å²) >= 11 is 0. The second kappa shape index (κ2) is 10.6. The van der Waals surface area contributed by atoms with Crippen molar-refractivity contribution in [2.75, 3.05) is 24.6 Å². The van der Waals surface area contributed by atoms with Gasteiger partial charge in [-0.25, -0.2) is 0 Å². The Hall–Kier alpha value is -1.26. The smallest absolute Gasteiger partial charge is 0.0556 e. The van der Waals surface area contributed by atoms with Crippen LogP contribution in [0.2, 0.25) is 0 Å². The minimum absolute atomic E-state index is 0. The first-order chi connectivity index (χ1) is 10.9. The third kappa shape index (κ3) is 5.38. The first kappa shape index (κ1) is 20.8. The van der Waals surface area contributed by atoms with Gasteiger partial charge in [-0.1, -0.05) is 48.5 Å². The van der Waals surface area contributed by atoms with E-state index >= 15 is 0 Å². The van der Waals surface area contributed by atoms with E-state index in [0.29, 0.717) is 12.6 Å². The summed E-state index contributed by atoms with van der Waals surface area (Å²) in [6.07, 6.45) is 2.13. The van der Waals surface area contributed by atoms with Crippen LogP contribution in [-0.4, -0.2) is 30.8 Å². The molecule has 0 saturated heterocycles. The minimum Gasteiger partial charge on any atom is -0.395 e. The number of halogens is 2. The molecule has 3 rings (SSSR count). The molecule has 2 N–H and O–H groups in total. The van der Waals surface area contributed by atoms with Crippen LogP contribution >= 0.6 is 24.8 Å². The molecule has 0 bridgehead atoms. The lowest BCUT2D eigenvalue weighted by molar-refractivity contribution is 0.282. The summed E-state index contributed by atoms with van der Waals surface area (Å²) in [4.78, 5) is 2.48. The first-order valence-electron chi connectivity index (χ1n) is 8.08. The second-order valence-corrected chi connectivity index (χ2v) is 5.90. The number of rotatable bonds is 5. The molecule has 0 aliphatic carbocycles. The number of fused-ring (bicyclic) bond motifs is 1. The van der Waals surface area contributed by atoms with Gasteiger partial charge < -0.3 is 15.3 Å². The molecule has 132 valence electrons. The highest BCUT2D eigenvalue weighted by atomic mass is 35.5. The standard InChI is InChI=1S/C19H24N2O.2ClH/c22-13-11-20-18-10-12-21(15-16-6-2-1-3-7-16)19-9-5-4-8-17(19)14-18;;/h1-9,18,20,22H,10-15H2;2*1H. The molecular formula is C19H26Cl2N2O. The Bertz CT molecular complexity index is 595. The number of hydrogen-bond donors (Lipinski definition) is 2. The lowest BCUT2D eigenvalue weighted by Gasteiger charge is -2.25. The predicted molar refractivity (Wildman–Crippen MR) is 106 cm³/mol. The monoisotopic (exact) mass is 368 g/mol. The van der Waals surface area contributed by atoms with Crippen molar-refractivity contribution >= 4 is 30.5 Å². The topological polar surface area (TPSA) is 35.5 Å². The molecule has 5 heteroatoms. The van der Waals surface area contributed by atoms with E-state index in [1.807, 2.05) is 0 Å². The highest BCUT2D eigenvalue weighted by Gasteiger charge is 2.20. The van der Waals surface area contributed by atoms with E-state index in [-0.39, 0.29) is 31.4 Å². The van der Waals surface area contributed by atoms with E-state index in [1.54, 1.807) is 0 Å². The van der Waals surface area contributed by atoms with Gasteiger partial charge in [0.05, 0.1) is 6.61 Å². The fourth-order valence-electron chi connectivity index (χ4n) is 3.20. The number of para-hydroxylation sites is 1. The quantitative estimate of drug-likeness (QED) is 0.848. The van der Waals surface area contributed by atoms with Gasteiger partial charge in [0.25, 0.3) is 0 Å². The van der Waals surface area contributed by atoms with Crippen LogP contribution in [0.3, 0.4) is 0 Å². The molecule has 1 atom stereocenters. The summed E-state index contributed by atoms with van der Waals surface area (Å²) in [5.74, 6) is 0. The molecule has 0 aromatic heterocycles. The van der Waals surface area contributed by atoms with E-state index in [2.05, 4.69) is 64.8 Å². The predicted octanol–water partition coefficient (Wildman–Crippen LogP) is 3.43. The Kier molecular flexibility index (Phi) is 9.16. The van der Waals surface area contributed by atoms with E-state index in [0.717, 1.165) is 25.9 Å². The highest BCUT2D eigenvalue weighted by molar-refractivity contribution is 5.85. The van der Waals surface area contributed by atoms with Crippen LogP contribution in [0.1, 0.15) is 17.5 Å². The largest absolute Gasteiger partial charge is 0.395 e. The maximum Gasteiger partial charge on any atom is 0.0556 e. The maximum atomic E-state index is 9.04. The van der Waals surface area contributed by atoms with Crippen molar-refractivity contribution in [2.24, 2.45) is 0 Å². The summed E-state index contributed by atoms with van der Waals surface area (Å²) in [5, 5.41) is 12.5. The Labute approximate surface area is 156 Å². The van der Waals surface area contributed by atoms with E-state index in [1.165, 1.54) is 16.8 Å². The first-order valence-corrected chi connectivity index (χ1v) is 8.08. The van der Waals surface area contributed by atoms with Crippen molar-refractivity contribution in [3.63, 3.8) is 0 Å². The van der Waals surface area contributed by atoms with Crippen LogP contribution in [0.5, 0.6) is 0 Å². The number of nitrogens with one attached hydrogen (secondary N) is 1. The van der Waals surface area contributed by atoms with Crippen molar-refractivity contribution in [1.82, 2.24) is 5.32 Å². The average molecular weight is 369 g/mol. The SMILES string of the molecule is Cl.Cl.OCCNC1CCN(Cc2ccccc2)c2ccccc2C1. The van der Waals surface area contributed by atoms with Crippen molar-refractivity contribution in [3.05, 3.63) is 65.7 Å². The maximum absolute atomic E-state index is 9.04. The van der Waals surface area contributed by atoms with Crippen LogP contribution in [0.15, 0.2) is 54.6 Å². The van der Waals surface area contributed by atoms with Crippen LogP contribution in [0.25, 0.3) is 0 Å². The van der Waals surface area contributed by atoms with Gasteiger partial charge in [-0.2, -0.15) is 0 Å². The van der Waals surface area contributed by atoms with E-state index < -0.39 is 0 Å². The fourth-order valence-corrected chi connectivity index (χ4v) is 3.20. The molecule has 0 amide bonds. The van der Waals surface area contributed by atoms with Gasteiger partial charge in [0, 0.05) is 31.4 Å². The molecule has 0 saturated carbocycles. The summed E-state index contributed by atoms with van der Waals surface area (Å²) in [6, 6.07) is 19.8. The van der Waals surface area contributed by atoms with Crippen molar-refractivity contribution in [2.45, 2.75) is 25.4 Å². The summed E-state index contributed by atoms with van der Waals surface area (Å²) in [7, 11) is 0. The molecule has 3 nitrogen and oxygen atoms in total. The van der Waals surface area contributed by atoms with Crippen molar-refractivity contribution in [1.29, 1.82) is 0 Å². The Morgan fingerprint density at radius 2 is 1.71 bits per heavy atom. The average Bonchev–Trinajstić information content (AvgIpc) is 2.74. The molecule has 24 heavy (non-hydrogen) atoms. The van der Waals surface area contributed by atoms with Crippen LogP contribution < -0.4 is 10.2 Å². The summed E-state index contributed by atoms with van der Waals surface area (Å²) in [6.45, 7) is 2.86. The number of aliphatic hydroxyl groups is 1. The summed E-state index contributed by atoms with van der Waals surface area (Å²) < 4.78 is 0. The third-order valence-corrected chi connectivity index (χ3v) is 4.31. The molecular weight excluding hydrogens is 343 g/mol. The minimum atomic E-state index is 0. The Morgan fingerprint density at radius 1 is 1.00 bits per heavy atom. The highest BCUT2D eigenvalue weighted by Crippen LogP contribution is 2.27. The number of hydrogen-bond acceptors (Lipinski definition) is 3. The second-order valence-electron chi connectivity index (χ2n) is 5.90. The third-order valence-electron chi connectivity index (χ3n) is 4.31. The fraction of sp³-hybridized carbons (Fsp3) is 0.368. The van der Waals surface area contributed by atoms with Crippen LogP contribution in [0, 0.1) is 0 Å². The number of nitrogens with zero attached hydrogens (tertiary/aromatic N) is 1. The van der Waals surface area contributed by atoms with Gasteiger partial charge in [-0.3, -0.25) is 0 Å². The van der Waals surface area contributed by atoms with E-state index in [9.17, 15) is 0 Å². The zero-order chi connectivity index (χ0) is 15.2. The summed E-state index contributed by atoms with van der Waals surface area (Å²) in [5.41, 5.74) is 4.09. The molecule has 2 aromatic rings. The number of benzene rings is 2. The van der Waals surface area contributed by atoms with Crippen molar-refractivity contribution in [3.8, 4) is 0 Å². The van der Waals surface area contributed by atoms with Crippen molar-refractivity contribution < 1.29 is 5.11 Å². The van der Waals surface area contributed by atoms with E-state index in [4.69, 9.17) is 5.11 Å². The Morgan fingerprint density at radius 3 is 2.46 bits per heavy atom. The lowest BCUT2D eigenvalue weighted by atomic mass is 10.0. The van der Waals surface area contributed by atoms with Gasteiger partial charge >= 0.3 is 0 Å². The molecule has 2 aromatic carbocycles. The van der Waals surface area contributed by atoms with Crippen LogP contribution in [0.4, 0.5) is 5.69 Å². The Balaban J connectivity index is 0.00000144. The molecule has 0 radical (unpaired) electrons. The number of aliphatic hydroxyl groups excluding tert-OH is 1. The molecule has 1 unspecified atom stereocenters. The zero-order valence-electron chi connectivity index (χ0n) is 13.7. The molecule has 1 aliphatic rings. The zero-order valence-corrected chi connectivity index (χ0v) is 15.4. The number of anilines is 1. The van der Waals surface area contributed by atoms with Gasteiger partial charge in [-0.15, -0.1) is 24.8 Å². The lowest BCUT2D eigenvalue weighted by Crippen LogP contribution is -2.34. The van der Waals surface area contributed by atoms with Crippen LogP contribution in [-0.2, 0) is 13.0 Å². The normalized spacial score (nSPS) is 16.4. The molecule has 1 aliphatic heterocycles. The van der Waals surface area contributed by atoms with Gasteiger partial charge in [0.2, 0.25) is 0 Å². The van der Waals surface area contributed by atoms with Gasteiger partial charge in [0.15, 0.2) is 0 Å². The molecule has 1 heterocycles. The molecule has 0 spiro atoms.